The molecule has 0 bridgehead atoms. The van der Waals surface area contributed by atoms with E-state index in [1.165, 1.54) is 12.1 Å². The number of anilines is 1. The Morgan fingerprint density at radius 2 is 1.91 bits per heavy atom. The summed E-state index contributed by atoms with van der Waals surface area (Å²) in [5, 5.41) is 15.6. The van der Waals surface area contributed by atoms with Crippen LogP contribution in [0.4, 0.5) is 11.4 Å². The molecule has 2 heterocycles. The average Bonchev–Trinajstić information content (AvgIpc) is 3.35. The van der Waals surface area contributed by atoms with Crippen LogP contribution in [0.5, 0.6) is 0 Å². The van der Waals surface area contributed by atoms with Crippen LogP contribution >= 0.6 is 46.1 Å². The van der Waals surface area contributed by atoms with Gasteiger partial charge in [0.25, 0.3) is 11.6 Å². The fourth-order valence-electron chi connectivity index (χ4n) is 3.33. The summed E-state index contributed by atoms with van der Waals surface area (Å²) in [7, 11) is 0. The lowest BCUT2D eigenvalue weighted by Crippen LogP contribution is -2.10. The SMILES string of the molecule is O=C(Nc1ccc(Cl)c(-c2nc3cc(Cl)ccc3o2)c1)c1sc2c([N+](=O)[O-])cccc2c1Cl. The normalized spacial score (nSPS) is 11.2. The molecule has 1 N–H and O–H groups in total. The molecule has 2 aromatic heterocycles. The van der Waals surface area contributed by atoms with E-state index in [1.54, 1.807) is 42.5 Å². The number of hydrogen-bond acceptors (Lipinski definition) is 6. The topological polar surface area (TPSA) is 98.3 Å². The minimum atomic E-state index is -0.506. The van der Waals surface area contributed by atoms with E-state index in [9.17, 15) is 14.9 Å². The molecular formula is C22H10Cl3N3O4S. The van der Waals surface area contributed by atoms with Gasteiger partial charge in [-0.2, -0.15) is 0 Å². The molecule has 0 aliphatic rings. The first-order chi connectivity index (χ1) is 15.8. The lowest BCUT2D eigenvalue weighted by molar-refractivity contribution is -0.382. The summed E-state index contributed by atoms with van der Waals surface area (Å²) < 4.78 is 6.11. The quantitative estimate of drug-likeness (QED) is 0.193. The largest absolute Gasteiger partial charge is 0.436 e. The van der Waals surface area contributed by atoms with Crippen LogP contribution in [-0.4, -0.2) is 15.8 Å². The van der Waals surface area contributed by atoms with E-state index >= 15 is 0 Å². The average molecular weight is 519 g/mol. The van der Waals surface area contributed by atoms with Crippen molar-refractivity contribution in [3.8, 4) is 11.5 Å². The number of benzene rings is 3. The lowest BCUT2D eigenvalue weighted by atomic mass is 10.2. The van der Waals surface area contributed by atoms with Gasteiger partial charge in [0.15, 0.2) is 5.58 Å². The number of amides is 1. The third-order valence-electron chi connectivity index (χ3n) is 4.84. The summed E-state index contributed by atoms with van der Waals surface area (Å²) in [6, 6.07) is 14.4. The Balaban J connectivity index is 1.50. The number of nitrogens with zero attached hydrogens (tertiary/aromatic N) is 2. The lowest BCUT2D eigenvalue weighted by Gasteiger charge is -2.07. The maximum atomic E-state index is 13.0. The van der Waals surface area contributed by atoms with Crippen LogP contribution < -0.4 is 5.32 Å². The predicted octanol–water partition coefficient (Wildman–Crippen LogP) is 7.83. The number of nitro benzene ring substituents is 1. The first-order valence-electron chi connectivity index (χ1n) is 9.34. The zero-order valence-electron chi connectivity index (χ0n) is 16.3. The number of non-ortho nitro benzene ring substituents is 1. The van der Waals surface area contributed by atoms with Crippen LogP contribution in [0.2, 0.25) is 15.1 Å². The number of halogens is 3. The Hall–Kier alpha value is -3.17. The van der Waals surface area contributed by atoms with E-state index in [0.29, 0.717) is 42.5 Å². The van der Waals surface area contributed by atoms with Crippen molar-refractivity contribution in [3.05, 3.63) is 84.7 Å². The number of nitro groups is 1. The molecule has 1 amide bonds. The fraction of sp³-hybridized carbons (Fsp3) is 0. The molecule has 11 heteroatoms. The number of fused-ring (bicyclic) bond motifs is 2. The van der Waals surface area contributed by atoms with Crippen molar-refractivity contribution in [1.82, 2.24) is 4.98 Å². The van der Waals surface area contributed by atoms with E-state index < -0.39 is 10.8 Å². The van der Waals surface area contributed by atoms with E-state index in [0.717, 1.165) is 11.3 Å². The Bertz CT molecular complexity index is 1600. The number of nitrogens with one attached hydrogen (secondary N) is 1. The number of carbonyl (C=O) groups excluding carboxylic acids is 1. The van der Waals surface area contributed by atoms with Gasteiger partial charge in [-0.15, -0.1) is 11.3 Å². The molecule has 0 aliphatic carbocycles. The molecule has 3 aromatic carbocycles. The predicted molar refractivity (Wildman–Crippen MR) is 131 cm³/mol. The second kappa shape index (κ2) is 8.31. The molecule has 0 aliphatic heterocycles. The van der Waals surface area contributed by atoms with Crippen molar-refractivity contribution < 1.29 is 14.1 Å². The fourth-order valence-corrected chi connectivity index (χ4v) is 5.19. The number of oxazole rings is 1. The Morgan fingerprint density at radius 3 is 2.70 bits per heavy atom. The van der Waals surface area contributed by atoms with Crippen LogP contribution in [0.25, 0.3) is 32.6 Å². The van der Waals surface area contributed by atoms with Crippen LogP contribution in [0, 0.1) is 10.1 Å². The monoisotopic (exact) mass is 517 g/mol. The molecule has 0 radical (unpaired) electrons. The highest BCUT2D eigenvalue weighted by Crippen LogP contribution is 2.40. The minimum Gasteiger partial charge on any atom is -0.436 e. The van der Waals surface area contributed by atoms with Gasteiger partial charge in [0, 0.05) is 22.2 Å². The highest BCUT2D eigenvalue weighted by Gasteiger charge is 2.23. The standard InChI is InChI=1S/C22H10Cl3N3O4S/c23-10-4-7-17-15(8-10)27-22(32-17)13-9-11(5-6-14(13)24)26-21(29)20-18(25)12-2-1-3-16(28(30)31)19(12)33-20/h1-9H,(H,26,29). The number of thiophene rings is 1. The number of hydrogen-bond donors (Lipinski definition) is 1. The van der Waals surface area contributed by atoms with Crippen LogP contribution in [0.3, 0.4) is 0 Å². The zero-order chi connectivity index (χ0) is 23.3. The van der Waals surface area contributed by atoms with E-state index in [1.807, 2.05) is 0 Å². The molecule has 5 rings (SSSR count). The summed E-state index contributed by atoms with van der Waals surface area (Å²) in [6.07, 6.45) is 0. The second-order valence-electron chi connectivity index (χ2n) is 6.94. The molecule has 33 heavy (non-hydrogen) atoms. The van der Waals surface area contributed by atoms with Gasteiger partial charge < -0.3 is 9.73 Å². The van der Waals surface area contributed by atoms with Crippen molar-refractivity contribution in [2.24, 2.45) is 0 Å². The molecule has 0 spiro atoms. The van der Waals surface area contributed by atoms with Crippen molar-refractivity contribution in [1.29, 1.82) is 0 Å². The first-order valence-corrected chi connectivity index (χ1v) is 11.3. The Kier molecular flexibility index (Phi) is 5.46. The maximum Gasteiger partial charge on any atom is 0.287 e. The Labute approximate surface area is 204 Å². The van der Waals surface area contributed by atoms with Crippen molar-refractivity contribution in [3.63, 3.8) is 0 Å². The van der Waals surface area contributed by atoms with Crippen molar-refractivity contribution in [2.45, 2.75) is 0 Å². The summed E-state index contributed by atoms with van der Waals surface area (Å²) in [5.74, 6) is -0.239. The van der Waals surface area contributed by atoms with Crippen LogP contribution in [0.15, 0.2) is 59.0 Å². The molecule has 7 nitrogen and oxygen atoms in total. The van der Waals surface area contributed by atoms with Gasteiger partial charge in [0.1, 0.15) is 15.1 Å². The summed E-state index contributed by atoms with van der Waals surface area (Å²) in [5.41, 5.74) is 1.89. The number of aromatic nitrogens is 1. The van der Waals surface area contributed by atoms with Gasteiger partial charge in [-0.05, 0) is 36.4 Å². The van der Waals surface area contributed by atoms with E-state index in [-0.39, 0.29) is 21.5 Å². The second-order valence-corrected chi connectivity index (χ2v) is 9.18. The molecule has 0 saturated heterocycles. The summed E-state index contributed by atoms with van der Waals surface area (Å²) in [4.78, 5) is 28.4. The highest BCUT2D eigenvalue weighted by molar-refractivity contribution is 7.22. The van der Waals surface area contributed by atoms with Gasteiger partial charge in [-0.25, -0.2) is 4.98 Å². The molecule has 0 fully saturated rings. The van der Waals surface area contributed by atoms with E-state index in [4.69, 9.17) is 39.2 Å². The molecule has 0 atom stereocenters. The van der Waals surface area contributed by atoms with Gasteiger partial charge in [0.05, 0.1) is 20.5 Å². The molecule has 5 aromatic rings. The van der Waals surface area contributed by atoms with Gasteiger partial charge in [-0.3, -0.25) is 14.9 Å². The molecule has 0 saturated carbocycles. The van der Waals surface area contributed by atoms with Gasteiger partial charge in [0.2, 0.25) is 5.89 Å². The molecule has 0 unspecified atom stereocenters. The van der Waals surface area contributed by atoms with Crippen molar-refractivity contribution >= 4 is 84.6 Å². The van der Waals surface area contributed by atoms with Crippen molar-refractivity contribution in [2.75, 3.05) is 5.32 Å². The molecular weight excluding hydrogens is 509 g/mol. The maximum absolute atomic E-state index is 13.0. The Morgan fingerprint density at radius 1 is 1.09 bits per heavy atom. The van der Waals surface area contributed by atoms with Crippen LogP contribution in [0.1, 0.15) is 9.67 Å². The van der Waals surface area contributed by atoms with Crippen LogP contribution in [-0.2, 0) is 0 Å². The van der Waals surface area contributed by atoms with Gasteiger partial charge >= 0.3 is 0 Å². The third kappa shape index (κ3) is 3.91. The molecule has 164 valence electrons. The van der Waals surface area contributed by atoms with E-state index in [2.05, 4.69) is 10.3 Å². The number of rotatable bonds is 4. The minimum absolute atomic E-state index is 0.108. The zero-order valence-corrected chi connectivity index (χ0v) is 19.3. The smallest absolute Gasteiger partial charge is 0.287 e. The number of carbonyl (C=O) groups is 1. The highest BCUT2D eigenvalue weighted by atomic mass is 35.5. The first kappa shape index (κ1) is 21.7. The van der Waals surface area contributed by atoms with Gasteiger partial charge in [-0.1, -0.05) is 46.9 Å². The summed E-state index contributed by atoms with van der Waals surface area (Å²) >= 11 is 19.7. The third-order valence-corrected chi connectivity index (χ3v) is 7.14. The summed E-state index contributed by atoms with van der Waals surface area (Å²) in [6.45, 7) is 0.